The Morgan fingerprint density at radius 1 is 1.24 bits per heavy atom. The topological polar surface area (TPSA) is 46.9 Å². The molecule has 0 radical (unpaired) electrons. The van der Waals surface area contributed by atoms with Crippen LogP contribution >= 0.6 is 0 Å². The second kappa shape index (κ2) is 8.20. The van der Waals surface area contributed by atoms with E-state index in [0.717, 1.165) is 54.1 Å². The molecular formula is C22H28F3N3O. The van der Waals surface area contributed by atoms with Crippen molar-refractivity contribution in [2.45, 2.75) is 70.5 Å². The van der Waals surface area contributed by atoms with Crippen molar-refractivity contribution in [2.24, 2.45) is 0 Å². The number of halogens is 3. The second-order valence-electron chi connectivity index (χ2n) is 8.34. The minimum absolute atomic E-state index is 0.244. The molecular weight excluding hydrogens is 379 g/mol. The number of aryl methyl sites for hydroxylation is 1. The van der Waals surface area contributed by atoms with Crippen LogP contribution in [0.15, 0.2) is 30.5 Å². The lowest BCUT2D eigenvalue weighted by atomic mass is 9.69. The first-order valence-corrected chi connectivity index (χ1v) is 10.1. The van der Waals surface area contributed by atoms with Crippen molar-refractivity contribution in [1.82, 2.24) is 15.1 Å². The fraction of sp³-hybridized carbons (Fsp3) is 0.545. The number of carbonyl (C=O) groups is 1. The molecule has 0 atom stereocenters. The average molecular weight is 407 g/mol. The van der Waals surface area contributed by atoms with Crippen LogP contribution in [0.2, 0.25) is 0 Å². The van der Waals surface area contributed by atoms with E-state index in [4.69, 9.17) is 0 Å². The number of hydrogen-bond acceptors (Lipinski definition) is 2. The normalized spacial score (nSPS) is 16.8. The number of carbonyl (C=O) groups excluding carboxylic acids is 1. The van der Waals surface area contributed by atoms with Crippen LogP contribution in [-0.2, 0) is 11.6 Å². The summed E-state index contributed by atoms with van der Waals surface area (Å²) in [6.07, 6.45) is 1.43. The molecule has 1 aromatic carbocycles. The van der Waals surface area contributed by atoms with Gasteiger partial charge in [-0.1, -0.05) is 49.1 Å². The minimum atomic E-state index is -4.65. The van der Waals surface area contributed by atoms with Crippen LogP contribution in [0.4, 0.5) is 13.2 Å². The molecule has 158 valence electrons. The summed E-state index contributed by atoms with van der Waals surface area (Å²) in [7, 11) is 0. The molecule has 3 rings (SSSR count). The number of nitrogens with one attached hydrogen (secondary N) is 1. The van der Waals surface area contributed by atoms with Crippen molar-refractivity contribution in [3.63, 3.8) is 0 Å². The SMILES string of the molecule is Cc1cccc(C2(CNC(=O)c3cnn(C(C)C)c3C(F)(F)F)CCCCC2)c1. The predicted molar refractivity (Wildman–Crippen MR) is 106 cm³/mol. The molecule has 1 saturated carbocycles. The van der Waals surface area contributed by atoms with Crippen LogP contribution < -0.4 is 5.32 Å². The lowest BCUT2D eigenvalue weighted by molar-refractivity contribution is -0.145. The van der Waals surface area contributed by atoms with E-state index in [9.17, 15) is 18.0 Å². The summed E-state index contributed by atoms with van der Waals surface area (Å²) >= 11 is 0. The Bertz CT molecular complexity index is 864. The maximum absolute atomic E-state index is 13.6. The van der Waals surface area contributed by atoms with E-state index >= 15 is 0 Å². The molecule has 7 heteroatoms. The Balaban J connectivity index is 1.87. The number of nitrogens with zero attached hydrogens (tertiary/aromatic N) is 2. The number of benzene rings is 1. The predicted octanol–water partition coefficient (Wildman–Crippen LogP) is 5.42. The van der Waals surface area contributed by atoms with Gasteiger partial charge in [-0.2, -0.15) is 18.3 Å². The number of amides is 1. The molecule has 1 aliphatic rings. The van der Waals surface area contributed by atoms with Gasteiger partial charge in [-0.25, -0.2) is 0 Å². The fourth-order valence-electron chi connectivity index (χ4n) is 4.32. The first kappa shape index (κ1) is 21.4. The van der Waals surface area contributed by atoms with Gasteiger partial charge in [-0.15, -0.1) is 0 Å². The highest BCUT2D eigenvalue weighted by molar-refractivity contribution is 5.95. The third-order valence-corrected chi connectivity index (χ3v) is 5.83. The number of aromatic nitrogens is 2. The quantitative estimate of drug-likeness (QED) is 0.719. The van der Waals surface area contributed by atoms with Crippen molar-refractivity contribution in [2.75, 3.05) is 6.54 Å². The molecule has 1 N–H and O–H groups in total. The average Bonchev–Trinajstić information content (AvgIpc) is 3.13. The van der Waals surface area contributed by atoms with Crippen molar-refractivity contribution in [1.29, 1.82) is 0 Å². The van der Waals surface area contributed by atoms with E-state index in [-0.39, 0.29) is 5.41 Å². The van der Waals surface area contributed by atoms with Gasteiger partial charge in [0.2, 0.25) is 0 Å². The third-order valence-electron chi connectivity index (χ3n) is 5.83. The molecule has 1 aliphatic carbocycles. The molecule has 0 spiro atoms. The Morgan fingerprint density at radius 2 is 1.93 bits per heavy atom. The summed E-state index contributed by atoms with van der Waals surface area (Å²) in [4.78, 5) is 12.8. The molecule has 1 fully saturated rings. The highest BCUT2D eigenvalue weighted by Crippen LogP contribution is 2.39. The lowest BCUT2D eigenvalue weighted by Crippen LogP contribution is -2.42. The van der Waals surface area contributed by atoms with Crippen LogP contribution in [0.3, 0.4) is 0 Å². The molecule has 4 nitrogen and oxygen atoms in total. The van der Waals surface area contributed by atoms with Gasteiger partial charge in [-0.05, 0) is 39.2 Å². The zero-order valence-corrected chi connectivity index (χ0v) is 17.1. The third kappa shape index (κ3) is 4.49. The van der Waals surface area contributed by atoms with E-state index in [0.29, 0.717) is 6.54 Å². The van der Waals surface area contributed by atoms with E-state index in [1.807, 2.05) is 19.1 Å². The largest absolute Gasteiger partial charge is 0.433 e. The van der Waals surface area contributed by atoms with Crippen LogP contribution in [0.25, 0.3) is 0 Å². The second-order valence-corrected chi connectivity index (χ2v) is 8.34. The summed E-state index contributed by atoms with van der Waals surface area (Å²) < 4.78 is 41.7. The first-order valence-electron chi connectivity index (χ1n) is 10.1. The smallest absolute Gasteiger partial charge is 0.351 e. The van der Waals surface area contributed by atoms with Crippen molar-refractivity contribution in [3.05, 3.63) is 52.8 Å². The van der Waals surface area contributed by atoms with Crippen molar-refractivity contribution >= 4 is 5.91 Å². The van der Waals surface area contributed by atoms with Crippen LogP contribution in [0.5, 0.6) is 0 Å². The minimum Gasteiger partial charge on any atom is -0.351 e. The molecule has 1 amide bonds. The maximum Gasteiger partial charge on any atom is 0.433 e. The number of alkyl halides is 3. The summed E-state index contributed by atoms with van der Waals surface area (Å²) in [6, 6.07) is 7.70. The summed E-state index contributed by atoms with van der Waals surface area (Å²) in [5.74, 6) is -0.721. The molecule has 0 saturated heterocycles. The molecule has 0 bridgehead atoms. The van der Waals surface area contributed by atoms with Crippen molar-refractivity contribution < 1.29 is 18.0 Å². The van der Waals surface area contributed by atoms with Gasteiger partial charge >= 0.3 is 6.18 Å². The van der Waals surface area contributed by atoms with Crippen LogP contribution in [0, 0.1) is 6.92 Å². The zero-order valence-electron chi connectivity index (χ0n) is 17.1. The highest BCUT2D eigenvalue weighted by Gasteiger charge is 2.41. The van der Waals surface area contributed by atoms with E-state index < -0.39 is 29.4 Å². The molecule has 1 aromatic heterocycles. The van der Waals surface area contributed by atoms with Gasteiger partial charge < -0.3 is 5.32 Å². The molecule has 2 aromatic rings. The maximum atomic E-state index is 13.6. The lowest BCUT2D eigenvalue weighted by Gasteiger charge is -2.38. The van der Waals surface area contributed by atoms with E-state index in [1.165, 1.54) is 0 Å². The Hall–Kier alpha value is -2.31. The van der Waals surface area contributed by atoms with Crippen molar-refractivity contribution in [3.8, 4) is 0 Å². The molecule has 0 aliphatic heterocycles. The monoisotopic (exact) mass is 407 g/mol. The van der Waals surface area contributed by atoms with Crippen LogP contribution in [-0.4, -0.2) is 22.2 Å². The van der Waals surface area contributed by atoms with Gasteiger partial charge in [-0.3, -0.25) is 9.48 Å². The van der Waals surface area contributed by atoms with Gasteiger partial charge in [0.25, 0.3) is 5.91 Å². The highest BCUT2D eigenvalue weighted by atomic mass is 19.4. The van der Waals surface area contributed by atoms with E-state index in [1.54, 1.807) is 13.8 Å². The van der Waals surface area contributed by atoms with Gasteiger partial charge in [0.05, 0.1) is 11.8 Å². The van der Waals surface area contributed by atoms with Gasteiger partial charge in [0, 0.05) is 18.0 Å². The van der Waals surface area contributed by atoms with Crippen LogP contribution in [0.1, 0.15) is 79.2 Å². The zero-order chi connectivity index (χ0) is 21.2. The standard InChI is InChI=1S/C22H28F3N3O/c1-15(2)28-19(22(23,24)25)18(13-27-28)20(29)26-14-21(10-5-4-6-11-21)17-9-7-8-16(3)12-17/h7-9,12-13,15H,4-6,10-11,14H2,1-3H3,(H,26,29). The number of rotatable bonds is 5. The molecule has 29 heavy (non-hydrogen) atoms. The molecule has 0 unspecified atom stereocenters. The van der Waals surface area contributed by atoms with E-state index in [2.05, 4.69) is 22.5 Å². The molecule has 1 heterocycles. The summed E-state index contributed by atoms with van der Waals surface area (Å²) in [5, 5.41) is 6.62. The Labute approximate surface area is 169 Å². The summed E-state index contributed by atoms with van der Waals surface area (Å²) in [6.45, 7) is 5.56. The Kier molecular flexibility index (Phi) is 6.05. The van der Waals surface area contributed by atoms with Gasteiger partial charge in [0.1, 0.15) is 0 Å². The Morgan fingerprint density at radius 3 is 2.52 bits per heavy atom. The number of hydrogen-bond donors (Lipinski definition) is 1. The summed E-state index contributed by atoms with van der Waals surface area (Å²) in [5.41, 5.74) is 0.634. The first-order chi connectivity index (χ1) is 13.6. The van der Waals surface area contributed by atoms with Gasteiger partial charge in [0.15, 0.2) is 5.69 Å². The fourth-order valence-corrected chi connectivity index (χ4v) is 4.32.